The smallest absolute Gasteiger partial charge is 0.231 e. The first-order valence-corrected chi connectivity index (χ1v) is 12.0. The molecule has 2 aromatic rings. The van der Waals surface area contributed by atoms with Crippen LogP contribution in [-0.2, 0) is 27.1 Å². The number of carbonyl (C=O) groups excluding carboxylic acids is 1. The van der Waals surface area contributed by atoms with E-state index in [0.717, 1.165) is 30.5 Å². The minimum absolute atomic E-state index is 0.0975. The van der Waals surface area contributed by atoms with Crippen molar-refractivity contribution in [1.29, 1.82) is 0 Å². The fourth-order valence-electron chi connectivity index (χ4n) is 6.65. The molecule has 1 aliphatic heterocycles. The minimum Gasteiger partial charge on any atom is -0.310 e. The molecule has 5 aliphatic rings. The maximum Gasteiger partial charge on any atom is 0.231 e. The Morgan fingerprint density at radius 2 is 1.69 bits per heavy atom. The number of nitrogens with zero attached hydrogens (tertiary/aromatic N) is 2. The number of rotatable bonds is 3. The summed E-state index contributed by atoms with van der Waals surface area (Å²) in [6.45, 7) is 0. The van der Waals surface area contributed by atoms with E-state index in [0.29, 0.717) is 40.8 Å². The first kappa shape index (κ1) is 17.8. The molecule has 4 fully saturated rings. The normalized spacial score (nSPS) is 34.4. The van der Waals surface area contributed by atoms with Crippen molar-refractivity contribution in [2.24, 2.45) is 23.2 Å². The van der Waals surface area contributed by atoms with Crippen molar-refractivity contribution in [3.8, 4) is 5.69 Å². The van der Waals surface area contributed by atoms with Crippen LogP contribution in [0.15, 0.2) is 24.3 Å². The molecule has 7 heteroatoms. The Hall–Kier alpha value is -2.02. The van der Waals surface area contributed by atoms with E-state index in [1.807, 2.05) is 0 Å². The van der Waals surface area contributed by atoms with E-state index in [-0.39, 0.29) is 17.1 Å². The van der Waals surface area contributed by atoms with Crippen molar-refractivity contribution >= 4 is 22.5 Å². The number of aromatic nitrogens is 2. The third-order valence-electron chi connectivity index (χ3n) is 7.49. The molecule has 1 amide bonds. The van der Waals surface area contributed by atoms with Gasteiger partial charge in [-0.05, 0) is 80.5 Å². The van der Waals surface area contributed by atoms with Gasteiger partial charge in [-0.1, -0.05) is 0 Å². The summed E-state index contributed by atoms with van der Waals surface area (Å²) in [4.78, 5) is 13.6. The molecule has 2 heterocycles. The molecule has 1 N–H and O–H groups in total. The molecule has 0 saturated heterocycles. The predicted molar refractivity (Wildman–Crippen MR) is 108 cm³/mol. The maximum absolute atomic E-state index is 13.6. The van der Waals surface area contributed by atoms with Crippen LogP contribution in [0.4, 0.5) is 10.2 Å². The van der Waals surface area contributed by atoms with Gasteiger partial charge in [0.25, 0.3) is 0 Å². The molecular weight excluding hydrogens is 389 g/mol. The summed E-state index contributed by atoms with van der Waals surface area (Å²) < 4.78 is 27.2. The number of hydrogen-bond acceptors (Lipinski definition) is 3. The lowest BCUT2D eigenvalue weighted by Gasteiger charge is -2.55. The van der Waals surface area contributed by atoms with E-state index in [1.165, 1.54) is 31.4 Å². The SMILES string of the molecule is O=C(Nc1c2c(nn1-c1ccc(F)cc1)C[S@](=O)C2)C12CC3CC(CC(C3)C1)C2. The van der Waals surface area contributed by atoms with Gasteiger partial charge in [-0.3, -0.25) is 9.00 Å². The van der Waals surface area contributed by atoms with Crippen LogP contribution in [0.25, 0.3) is 5.69 Å². The van der Waals surface area contributed by atoms with Crippen LogP contribution in [0.2, 0.25) is 0 Å². The molecule has 4 bridgehead atoms. The highest BCUT2D eigenvalue weighted by Crippen LogP contribution is 2.60. The van der Waals surface area contributed by atoms with Crippen molar-refractivity contribution in [2.45, 2.75) is 50.0 Å². The highest BCUT2D eigenvalue weighted by molar-refractivity contribution is 7.83. The summed E-state index contributed by atoms with van der Waals surface area (Å²) >= 11 is 0. The number of nitrogens with one attached hydrogen (secondary N) is 1. The molecule has 0 spiro atoms. The van der Waals surface area contributed by atoms with Crippen LogP contribution in [0.1, 0.15) is 49.8 Å². The van der Waals surface area contributed by atoms with E-state index in [2.05, 4.69) is 10.4 Å². The lowest BCUT2D eigenvalue weighted by Crippen LogP contribution is -2.52. The van der Waals surface area contributed by atoms with Crippen molar-refractivity contribution in [1.82, 2.24) is 9.78 Å². The Labute approximate surface area is 171 Å². The van der Waals surface area contributed by atoms with E-state index < -0.39 is 10.8 Å². The summed E-state index contributed by atoms with van der Waals surface area (Å²) in [5.41, 5.74) is 2.07. The quantitative estimate of drug-likeness (QED) is 0.829. The average molecular weight is 414 g/mol. The summed E-state index contributed by atoms with van der Waals surface area (Å²) in [5.74, 6) is 3.29. The van der Waals surface area contributed by atoms with Crippen molar-refractivity contribution in [3.63, 3.8) is 0 Å². The molecular formula is C22H24FN3O2S. The minimum atomic E-state index is -0.979. The van der Waals surface area contributed by atoms with Gasteiger partial charge < -0.3 is 5.32 Å². The lowest BCUT2D eigenvalue weighted by molar-refractivity contribution is -0.140. The molecule has 1 atom stereocenters. The number of halogens is 1. The third kappa shape index (κ3) is 2.80. The van der Waals surface area contributed by atoms with Gasteiger partial charge in [0, 0.05) is 16.4 Å². The maximum atomic E-state index is 13.6. The Bertz CT molecular complexity index is 994. The zero-order chi connectivity index (χ0) is 19.8. The molecule has 1 aromatic carbocycles. The molecule has 152 valence electrons. The van der Waals surface area contributed by atoms with Crippen molar-refractivity contribution in [3.05, 3.63) is 41.3 Å². The fourth-order valence-corrected chi connectivity index (χ4v) is 7.92. The number of amides is 1. The molecule has 29 heavy (non-hydrogen) atoms. The van der Waals surface area contributed by atoms with Gasteiger partial charge >= 0.3 is 0 Å². The zero-order valence-corrected chi connectivity index (χ0v) is 17.0. The second-order valence-corrected chi connectivity index (χ2v) is 11.0. The summed E-state index contributed by atoms with van der Waals surface area (Å²) in [6.07, 6.45) is 6.83. The number of hydrogen-bond donors (Lipinski definition) is 1. The third-order valence-corrected chi connectivity index (χ3v) is 8.70. The van der Waals surface area contributed by atoms with Gasteiger partial charge in [-0.2, -0.15) is 5.10 Å². The monoisotopic (exact) mass is 413 g/mol. The fraction of sp³-hybridized carbons (Fsp3) is 0.545. The number of fused-ring (bicyclic) bond motifs is 1. The van der Waals surface area contributed by atoms with E-state index in [1.54, 1.807) is 16.8 Å². The van der Waals surface area contributed by atoms with Crippen LogP contribution < -0.4 is 5.32 Å². The molecule has 4 saturated carbocycles. The van der Waals surface area contributed by atoms with Crippen LogP contribution in [-0.4, -0.2) is 19.9 Å². The van der Waals surface area contributed by atoms with E-state index in [9.17, 15) is 13.4 Å². The topological polar surface area (TPSA) is 64.0 Å². The van der Waals surface area contributed by atoms with Gasteiger partial charge in [0.05, 0.1) is 28.3 Å². The Kier molecular flexibility index (Phi) is 3.83. The molecule has 5 nitrogen and oxygen atoms in total. The molecule has 4 aliphatic carbocycles. The lowest BCUT2D eigenvalue weighted by atomic mass is 9.49. The van der Waals surface area contributed by atoms with Gasteiger partial charge in [-0.25, -0.2) is 9.07 Å². The summed E-state index contributed by atoms with van der Waals surface area (Å²) in [7, 11) is -0.979. The van der Waals surface area contributed by atoms with E-state index >= 15 is 0 Å². The Morgan fingerprint density at radius 3 is 2.31 bits per heavy atom. The molecule has 0 radical (unpaired) electrons. The number of carbonyl (C=O) groups is 1. The van der Waals surface area contributed by atoms with Crippen LogP contribution in [0, 0.1) is 29.0 Å². The highest BCUT2D eigenvalue weighted by Gasteiger charge is 2.54. The van der Waals surface area contributed by atoms with Crippen molar-refractivity contribution in [2.75, 3.05) is 5.32 Å². The first-order valence-electron chi connectivity index (χ1n) is 10.5. The first-order chi connectivity index (χ1) is 14.0. The number of anilines is 1. The highest BCUT2D eigenvalue weighted by atomic mass is 32.2. The van der Waals surface area contributed by atoms with E-state index in [4.69, 9.17) is 0 Å². The zero-order valence-electron chi connectivity index (χ0n) is 16.2. The second-order valence-electron chi connectivity index (χ2n) is 9.54. The second kappa shape index (κ2) is 6.24. The van der Waals surface area contributed by atoms with Crippen LogP contribution in [0.3, 0.4) is 0 Å². The molecule has 7 rings (SSSR count). The number of benzene rings is 1. The Morgan fingerprint density at radius 1 is 1.07 bits per heavy atom. The van der Waals surface area contributed by atoms with Gasteiger partial charge in [0.1, 0.15) is 11.6 Å². The molecule has 1 aromatic heterocycles. The Balaban J connectivity index is 1.37. The van der Waals surface area contributed by atoms with Gasteiger partial charge in [0.2, 0.25) is 5.91 Å². The average Bonchev–Trinajstić information content (AvgIpc) is 3.18. The molecule has 0 unspecified atom stereocenters. The van der Waals surface area contributed by atoms with Crippen LogP contribution in [0.5, 0.6) is 0 Å². The standard InChI is InChI=1S/C22H24FN3O2S/c23-16-1-3-17(4-2-16)26-20(18-11-29(28)12-19(18)25-26)24-21(27)22-8-13-5-14(9-22)7-15(6-13)10-22/h1-4,13-15H,5-12H2,(H,24,27)/t13?,14?,15?,22?,29-/m1/s1. The van der Waals surface area contributed by atoms with Crippen molar-refractivity contribution < 1.29 is 13.4 Å². The predicted octanol–water partition coefficient (Wildman–Crippen LogP) is 3.93. The van der Waals surface area contributed by atoms with Crippen LogP contribution >= 0.6 is 0 Å². The van der Waals surface area contributed by atoms with Gasteiger partial charge in [0.15, 0.2) is 0 Å². The van der Waals surface area contributed by atoms with Gasteiger partial charge in [-0.15, -0.1) is 0 Å². The summed E-state index contributed by atoms with van der Waals surface area (Å²) in [6, 6.07) is 6.11. The summed E-state index contributed by atoms with van der Waals surface area (Å²) in [5, 5.41) is 7.84. The largest absolute Gasteiger partial charge is 0.310 e.